The molecule has 1 aromatic heterocycles. The number of aromatic nitrogens is 2. The first-order valence-electron chi connectivity index (χ1n) is 9.22. The molecule has 0 fully saturated rings. The molecule has 0 saturated carbocycles. The molecule has 1 heterocycles. The van der Waals surface area contributed by atoms with E-state index in [1.54, 1.807) is 13.1 Å². The molecule has 4 atom stereocenters. The first-order valence-corrected chi connectivity index (χ1v) is 9.22. The number of hydrogen-bond donors (Lipinski definition) is 5. The Labute approximate surface area is 159 Å². The molecular formula is C18H31N5O4. The lowest BCUT2D eigenvalue weighted by molar-refractivity contribution is -0.143. The molecule has 0 bridgehead atoms. The molecular weight excluding hydrogens is 350 g/mol. The molecule has 0 aromatic carbocycles. The Hall–Kier alpha value is -2.42. The number of carboxylic acid groups (broad SMARTS) is 1. The Morgan fingerprint density at radius 1 is 1.22 bits per heavy atom. The quantitative estimate of drug-likeness (QED) is 0.375. The number of nitrogens with two attached hydrogens (primary N) is 1. The van der Waals surface area contributed by atoms with Crippen LogP contribution in [0.15, 0.2) is 12.5 Å². The van der Waals surface area contributed by atoms with Gasteiger partial charge in [-0.05, 0) is 18.3 Å². The van der Waals surface area contributed by atoms with Crippen molar-refractivity contribution in [2.24, 2.45) is 17.6 Å². The van der Waals surface area contributed by atoms with Crippen LogP contribution in [0.4, 0.5) is 0 Å². The van der Waals surface area contributed by atoms with Gasteiger partial charge < -0.3 is 26.5 Å². The largest absolute Gasteiger partial charge is 0.480 e. The van der Waals surface area contributed by atoms with E-state index in [9.17, 15) is 19.5 Å². The number of H-pyrrole nitrogens is 1. The highest BCUT2D eigenvalue weighted by molar-refractivity contribution is 5.92. The van der Waals surface area contributed by atoms with Gasteiger partial charge in [-0.15, -0.1) is 0 Å². The summed E-state index contributed by atoms with van der Waals surface area (Å²) >= 11 is 0. The van der Waals surface area contributed by atoms with Crippen molar-refractivity contribution in [2.75, 3.05) is 0 Å². The third kappa shape index (κ3) is 7.38. The topological polar surface area (TPSA) is 150 Å². The fourth-order valence-electron chi connectivity index (χ4n) is 2.65. The molecule has 0 spiro atoms. The Morgan fingerprint density at radius 3 is 2.37 bits per heavy atom. The maximum absolute atomic E-state index is 12.7. The molecule has 0 saturated heterocycles. The van der Waals surface area contributed by atoms with Gasteiger partial charge in [-0.3, -0.25) is 9.59 Å². The Kier molecular flexibility index (Phi) is 8.93. The van der Waals surface area contributed by atoms with Crippen molar-refractivity contribution >= 4 is 17.8 Å². The van der Waals surface area contributed by atoms with E-state index in [-0.39, 0.29) is 18.3 Å². The number of aromatic amines is 1. The fraction of sp³-hybridized carbons (Fsp3) is 0.667. The maximum Gasteiger partial charge on any atom is 0.326 e. The number of imidazole rings is 1. The third-order valence-electron chi connectivity index (χ3n) is 4.44. The maximum atomic E-state index is 12.7. The summed E-state index contributed by atoms with van der Waals surface area (Å²) in [5.41, 5.74) is 6.47. The molecule has 0 radical (unpaired) electrons. The number of carbonyl (C=O) groups excluding carboxylic acids is 2. The van der Waals surface area contributed by atoms with E-state index >= 15 is 0 Å². The molecule has 9 nitrogen and oxygen atoms in total. The van der Waals surface area contributed by atoms with Gasteiger partial charge in [-0.2, -0.15) is 0 Å². The summed E-state index contributed by atoms with van der Waals surface area (Å²) in [7, 11) is 0. The smallest absolute Gasteiger partial charge is 0.326 e. The summed E-state index contributed by atoms with van der Waals surface area (Å²) < 4.78 is 0. The average Bonchev–Trinajstić information content (AvgIpc) is 3.10. The standard InChI is InChI=1S/C18H31N5O4/c1-5-11(4)15(18(26)27)23-17(25)14(7-12-8-20-9-21-12)22-16(24)13(19)6-10(2)3/h8-11,13-15H,5-7,19H2,1-4H3,(H,20,21)(H,22,24)(H,23,25)(H,26,27)/t11-,13-,14-,15-/m0/s1. The van der Waals surface area contributed by atoms with Crippen LogP contribution in [0.2, 0.25) is 0 Å². The van der Waals surface area contributed by atoms with Crippen LogP contribution in [0.3, 0.4) is 0 Å². The Balaban J connectivity index is 2.91. The fourth-order valence-corrected chi connectivity index (χ4v) is 2.65. The highest BCUT2D eigenvalue weighted by Gasteiger charge is 2.31. The zero-order valence-electron chi connectivity index (χ0n) is 16.4. The zero-order chi connectivity index (χ0) is 20.6. The van der Waals surface area contributed by atoms with Crippen molar-refractivity contribution in [3.63, 3.8) is 0 Å². The lowest BCUT2D eigenvalue weighted by Gasteiger charge is -2.25. The zero-order valence-corrected chi connectivity index (χ0v) is 16.4. The molecule has 0 unspecified atom stereocenters. The lowest BCUT2D eigenvalue weighted by atomic mass is 9.98. The van der Waals surface area contributed by atoms with E-state index in [1.165, 1.54) is 6.33 Å². The number of carbonyl (C=O) groups is 3. The second-order valence-corrected chi connectivity index (χ2v) is 7.27. The van der Waals surface area contributed by atoms with Crippen LogP contribution in [-0.2, 0) is 20.8 Å². The summed E-state index contributed by atoms with van der Waals surface area (Å²) in [6, 6.07) is -2.75. The van der Waals surface area contributed by atoms with Gasteiger partial charge in [0.2, 0.25) is 11.8 Å². The van der Waals surface area contributed by atoms with Crippen molar-refractivity contribution in [1.29, 1.82) is 0 Å². The van der Waals surface area contributed by atoms with Crippen LogP contribution in [-0.4, -0.2) is 51.0 Å². The van der Waals surface area contributed by atoms with Gasteiger partial charge in [0.15, 0.2) is 0 Å². The number of carboxylic acids is 1. The van der Waals surface area contributed by atoms with E-state index < -0.39 is 35.9 Å². The van der Waals surface area contributed by atoms with Crippen molar-refractivity contribution in [3.8, 4) is 0 Å². The molecule has 2 amide bonds. The number of nitrogens with zero attached hydrogens (tertiary/aromatic N) is 1. The predicted octanol–water partition coefficient (Wildman–Crippen LogP) is 0.426. The highest BCUT2D eigenvalue weighted by atomic mass is 16.4. The van der Waals surface area contributed by atoms with E-state index in [0.717, 1.165) is 0 Å². The van der Waals surface area contributed by atoms with Crippen molar-refractivity contribution < 1.29 is 19.5 Å². The first-order chi connectivity index (χ1) is 12.6. The molecule has 6 N–H and O–H groups in total. The molecule has 1 rings (SSSR count). The average molecular weight is 381 g/mol. The summed E-state index contributed by atoms with van der Waals surface area (Å²) in [4.78, 5) is 43.4. The highest BCUT2D eigenvalue weighted by Crippen LogP contribution is 2.10. The summed E-state index contributed by atoms with van der Waals surface area (Å²) in [5.74, 6) is -2.16. The van der Waals surface area contributed by atoms with Crippen LogP contribution in [0.25, 0.3) is 0 Å². The van der Waals surface area contributed by atoms with E-state index in [1.807, 2.05) is 20.8 Å². The molecule has 9 heteroatoms. The van der Waals surface area contributed by atoms with Crippen LogP contribution in [0, 0.1) is 11.8 Å². The van der Waals surface area contributed by atoms with Gasteiger partial charge in [0.05, 0.1) is 18.1 Å². The number of aliphatic carboxylic acids is 1. The van der Waals surface area contributed by atoms with Gasteiger partial charge in [-0.25, -0.2) is 9.78 Å². The molecule has 0 aliphatic carbocycles. The number of rotatable bonds is 11. The van der Waals surface area contributed by atoms with E-state index in [0.29, 0.717) is 18.5 Å². The number of amides is 2. The lowest BCUT2D eigenvalue weighted by Crippen LogP contribution is -2.56. The van der Waals surface area contributed by atoms with Gasteiger partial charge in [-0.1, -0.05) is 34.1 Å². The molecule has 0 aliphatic rings. The van der Waals surface area contributed by atoms with E-state index in [2.05, 4.69) is 20.6 Å². The monoisotopic (exact) mass is 381 g/mol. The molecule has 1 aromatic rings. The molecule has 152 valence electrons. The van der Waals surface area contributed by atoms with Gasteiger partial charge in [0.25, 0.3) is 0 Å². The van der Waals surface area contributed by atoms with Crippen molar-refractivity contribution in [3.05, 3.63) is 18.2 Å². The number of nitrogens with one attached hydrogen (secondary N) is 3. The number of hydrogen-bond acceptors (Lipinski definition) is 5. The van der Waals surface area contributed by atoms with Crippen LogP contribution >= 0.6 is 0 Å². The van der Waals surface area contributed by atoms with Gasteiger partial charge >= 0.3 is 5.97 Å². The third-order valence-corrected chi connectivity index (χ3v) is 4.44. The SMILES string of the molecule is CC[C@H](C)[C@H](NC(=O)[C@H](Cc1c[nH]cn1)NC(=O)[C@@H](N)CC(C)C)C(=O)O. The Bertz CT molecular complexity index is 617. The first kappa shape index (κ1) is 22.6. The second-order valence-electron chi connectivity index (χ2n) is 7.27. The van der Waals surface area contributed by atoms with Crippen LogP contribution < -0.4 is 16.4 Å². The normalized spacial score (nSPS) is 15.6. The second kappa shape index (κ2) is 10.7. The molecule has 27 heavy (non-hydrogen) atoms. The summed E-state index contributed by atoms with van der Waals surface area (Å²) in [6.07, 6.45) is 4.28. The van der Waals surface area contributed by atoms with Crippen molar-refractivity contribution in [1.82, 2.24) is 20.6 Å². The molecule has 0 aliphatic heterocycles. The minimum atomic E-state index is -1.11. The van der Waals surface area contributed by atoms with Gasteiger partial charge in [0.1, 0.15) is 12.1 Å². The van der Waals surface area contributed by atoms with Gasteiger partial charge in [0, 0.05) is 12.6 Å². The predicted molar refractivity (Wildman–Crippen MR) is 101 cm³/mol. The minimum absolute atomic E-state index is 0.127. The summed E-state index contributed by atoms with van der Waals surface area (Å²) in [5, 5.41) is 14.6. The van der Waals surface area contributed by atoms with Crippen LogP contribution in [0.5, 0.6) is 0 Å². The summed E-state index contributed by atoms with van der Waals surface area (Å²) in [6.45, 7) is 7.49. The minimum Gasteiger partial charge on any atom is -0.480 e. The Morgan fingerprint density at radius 2 is 1.89 bits per heavy atom. The van der Waals surface area contributed by atoms with Crippen LogP contribution in [0.1, 0.15) is 46.2 Å². The van der Waals surface area contributed by atoms with E-state index in [4.69, 9.17) is 5.73 Å². The van der Waals surface area contributed by atoms with Crippen molar-refractivity contribution in [2.45, 2.75) is 65.1 Å².